The van der Waals surface area contributed by atoms with Crippen LogP contribution < -0.4 is 16.4 Å². The number of anilines is 4. The summed E-state index contributed by atoms with van der Waals surface area (Å²) in [6.45, 7) is 0. The summed E-state index contributed by atoms with van der Waals surface area (Å²) in [5.41, 5.74) is 6.17. The van der Waals surface area contributed by atoms with Crippen molar-refractivity contribution in [2.24, 2.45) is 0 Å². The van der Waals surface area contributed by atoms with Crippen LogP contribution >= 0.6 is 11.6 Å². The molecule has 0 saturated heterocycles. The molecule has 0 atom stereocenters. The lowest BCUT2D eigenvalue weighted by Gasteiger charge is -2.08. The number of rotatable bonds is 3. The van der Waals surface area contributed by atoms with Crippen molar-refractivity contribution >= 4 is 34.9 Å². The lowest BCUT2D eigenvalue weighted by atomic mass is 10.3. The Morgan fingerprint density at radius 1 is 1.22 bits per heavy atom. The second-order valence-corrected chi connectivity index (χ2v) is 3.91. The second-order valence-electron chi connectivity index (χ2n) is 3.50. The van der Waals surface area contributed by atoms with Gasteiger partial charge in [0.2, 0.25) is 5.95 Å². The summed E-state index contributed by atoms with van der Waals surface area (Å²) in [5, 5.41) is 5.86. The van der Waals surface area contributed by atoms with Crippen molar-refractivity contribution in [1.82, 2.24) is 9.97 Å². The van der Waals surface area contributed by atoms with Gasteiger partial charge in [-0.25, -0.2) is 4.39 Å². The van der Waals surface area contributed by atoms with Gasteiger partial charge in [0, 0.05) is 18.8 Å². The van der Waals surface area contributed by atoms with E-state index in [1.54, 1.807) is 19.2 Å². The quantitative estimate of drug-likeness (QED) is 0.797. The third kappa shape index (κ3) is 2.78. The van der Waals surface area contributed by atoms with E-state index in [1.807, 2.05) is 0 Å². The zero-order valence-electron chi connectivity index (χ0n) is 9.54. The van der Waals surface area contributed by atoms with Crippen molar-refractivity contribution in [1.29, 1.82) is 0 Å². The molecular weight excluding hydrogens is 257 g/mol. The number of aromatic nitrogens is 2. The van der Waals surface area contributed by atoms with Gasteiger partial charge in [-0.15, -0.1) is 0 Å². The van der Waals surface area contributed by atoms with Crippen LogP contribution in [0.2, 0.25) is 5.02 Å². The molecule has 0 unspecified atom stereocenters. The van der Waals surface area contributed by atoms with E-state index in [4.69, 9.17) is 17.3 Å². The summed E-state index contributed by atoms with van der Waals surface area (Å²) < 4.78 is 13.0. The minimum atomic E-state index is -0.472. The molecule has 0 fully saturated rings. The fourth-order valence-electron chi connectivity index (χ4n) is 1.38. The van der Waals surface area contributed by atoms with E-state index in [-0.39, 0.29) is 11.0 Å². The molecular formula is C11H11ClFN5. The lowest BCUT2D eigenvalue weighted by Crippen LogP contribution is -2.03. The van der Waals surface area contributed by atoms with Crippen molar-refractivity contribution in [3.8, 4) is 0 Å². The van der Waals surface area contributed by atoms with Gasteiger partial charge < -0.3 is 16.4 Å². The number of nitrogens with two attached hydrogens (primary N) is 1. The molecule has 0 spiro atoms. The Hall–Kier alpha value is -2.08. The van der Waals surface area contributed by atoms with Crippen molar-refractivity contribution in [3.05, 3.63) is 35.1 Å². The molecule has 7 heteroatoms. The molecule has 0 saturated carbocycles. The number of hydrogen-bond acceptors (Lipinski definition) is 5. The highest BCUT2D eigenvalue weighted by Crippen LogP contribution is 2.23. The molecule has 1 heterocycles. The van der Waals surface area contributed by atoms with Crippen LogP contribution in [0.25, 0.3) is 0 Å². The molecule has 1 aromatic carbocycles. The first kappa shape index (κ1) is 12.4. The molecule has 0 bridgehead atoms. The van der Waals surface area contributed by atoms with Crippen LogP contribution in [-0.2, 0) is 0 Å². The molecule has 0 aliphatic heterocycles. The second kappa shape index (κ2) is 5.05. The average molecular weight is 268 g/mol. The van der Waals surface area contributed by atoms with Gasteiger partial charge >= 0.3 is 0 Å². The largest absolute Gasteiger partial charge is 0.373 e. The number of nitrogen functional groups attached to an aromatic ring is 1. The topological polar surface area (TPSA) is 75.9 Å². The van der Waals surface area contributed by atoms with E-state index >= 15 is 0 Å². The highest BCUT2D eigenvalue weighted by atomic mass is 35.5. The summed E-state index contributed by atoms with van der Waals surface area (Å²) in [4.78, 5) is 7.96. The standard InChI is InChI=1S/C11H11ClFN5/c1-15-9-5-10(18-11(14)17-9)16-6-2-3-8(13)7(12)4-6/h2-5H,1H3,(H4,14,15,16,17,18). The monoisotopic (exact) mass is 267 g/mol. The first-order valence-electron chi connectivity index (χ1n) is 5.13. The SMILES string of the molecule is CNc1cc(Nc2ccc(F)c(Cl)c2)nc(N)n1. The van der Waals surface area contributed by atoms with Crippen molar-refractivity contribution in [3.63, 3.8) is 0 Å². The molecule has 18 heavy (non-hydrogen) atoms. The molecule has 0 amide bonds. The van der Waals surface area contributed by atoms with Gasteiger partial charge in [-0.3, -0.25) is 0 Å². The molecule has 2 rings (SSSR count). The zero-order chi connectivity index (χ0) is 13.1. The van der Waals surface area contributed by atoms with Gasteiger partial charge in [-0.05, 0) is 18.2 Å². The van der Waals surface area contributed by atoms with Gasteiger partial charge in [-0.1, -0.05) is 11.6 Å². The fraction of sp³-hybridized carbons (Fsp3) is 0.0909. The number of benzene rings is 1. The highest BCUT2D eigenvalue weighted by molar-refractivity contribution is 6.31. The van der Waals surface area contributed by atoms with Crippen LogP contribution in [0.1, 0.15) is 0 Å². The Bertz CT molecular complexity index is 575. The maximum atomic E-state index is 13.0. The van der Waals surface area contributed by atoms with Gasteiger partial charge in [0.1, 0.15) is 17.5 Å². The van der Waals surface area contributed by atoms with E-state index < -0.39 is 5.82 Å². The van der Waals surface area contributed by atoms with Crippen molar-refractivity contribution < 1.29 is 4.39 Å². The van der Waals surface area contributed by atoms with Gasteiger partial charge in [0.15, 0.2) is 0 Å². The first-order valence-corrected chi connectivity index (χ1v) is 5.50. The third-order valence-corrected chi connectivity index (χ3v) is 2.48. The smallest absolute Gasteiger partial charge is 0.223 e. The van der Waals surface area contributed by atoms with Crippen molar-refractivity contribution in [2.75, 3.05) is 23.4 Å². The van der Waals surface area contributed by atoms with Gasteiger partial charge in [0.05, 0.1) is 5.02 Å². The number of nitrogens with zero attached hydrogens (tertiary/aromatic N) is 2. The van der Waals surface area contributed by atoms with Crippen LogP contribution in [-0.4, -0.2) is 17.0 Å². The normalized spacial score (nSPS) is 10.2. The number of nitrogens with one attached hydrogen (secondary N) is 2. The summed E-state index contributed by atoms with van der Waals surface area (Å²) >= 11 is 5.69. The van der Waals surface area contributed by atoms with Crippen molar-refractivity contribution in [2.45, 2.75) is 0 Å². The van der Waals surface area contributed by atoms with Crippen LogP contribution in [0, 0.1) is 5.82 Å². The minimum absolute atomic E-state index is 0.0378. The van der Waals surface area contributed by atoms with Gasteiger partial charge in [-0.2, -0.15) is 9.97 Å². The summed E-state index contributed by atoms with van der Waals surface area (Å²) in [6, 6.07) is 5.97. The maximum Gasteiger partial charge on any atom is 0.223 e. The summed E-state index contributed by atoms with van der Waals surface area (Å²) in [7, 11) is 1.72. The predicted molar refractivity (Wildman–Crippen MR) is 70.7 cm³/mol. The number of halogens is 2. The van der Waals surface area contributed by atoms with E-state index in [2.05, 4.69) is 20.6 Å². The molecule has 1 aromatic heterocycles. The molecule has 5 nitrogen and oxygen atoms in total. The molecule has 0 aliphatic carbocycles. The lowest BCUT2D eigenvalue weighted by molar-refractivity contribution is 0.628. The molecule has 2 aromatic rings. The highest BCUT2D eigenvalue weighted by Gasteiger charge is 2.04. The predicted octanol–water partition coefficient (Wildman–Crippen LogP) is 2.64. The van der Waals surface area contributed by atoms with Gasteiger partial charge in [0.25, 0.3) is 0 Å². The van der Waals surface area contributed by atoms with Crippen LogP contribution in [0.4, 0.5) is 27.7 Å². The van der Waals surface area contributed by atoms with Crippen LogP contribution in [0.15, 0.2) is 24.3 Å². The molecule has 4 N–H and O–H groups in total. The Labute approximate surface area is 108 Å². The summed E-state index contributed by atoms with van der Waals surface area (Å²) in [5.74, 6) is 0.741. The maximum absolute atomic E-state index is 13.0. The van der Waals surface area contributed by atoms with Crippen LogP contribution in [0.5, 0.6) is 0 Å². The summed E-state index contributed by atoms with van der Waals surface area (Å²) in [6.07, 6.45) is 0. The minimum Gasteiger partial charge on any atom is -0.373 e. The van der Waals surface area contributed by atoms with E-state index in [0.29, 0.717) is 17.3 Å². The molecule has 0 aliphatic rings. The Morgan fingerprint density at radius 2 is 1.94 bits per heavy atom. The molecule has 94 valence electrons. The average Bonchev–Trinajstić information content (AvgIpc) is 2.33. The van der Waals surface area contributed by atoms with E-state index in [9.17, 15) is 4.39 Å². The Kier molecular flexibility index (Phi) is 3.47. The van der Waals surface area contributed by atoms with Crippen LogP contribution in [0.3, 0.4) is 0 Å². The van der Waals surface area contributed by atoms with E-state index in [0.717, 1.165) is 0 Å². The van der Waals surface area contributed by atoms with E-state index in [1.165, 1.54) is 12.1 Å². The fourth-order valence-corrected chi connectivity index (χ4v) is 1.56. The third-order valence-electron chi connectivity index (χ3n) is 2.19. The first-order chi connectivity index (χ1) is 8.58. The zero-order valence-corrected chi connectivity index (χ0v) is 10.3. The Morgan fingerprint density at radius 3 is 2.61 bits per heavy atom. The Balaban J connectivity index is 2.27. The number of hydrogen-bond donors (Lipinski definition) is 3. The molecule has 0 radical (unpaired) electrons.